The Morgan fingerprint density at radius 2 is 1.83 bits per heavy atom. The van der Waals surface area contributed by atoms with E-state index in [4.69, 9.17) is 0 Å². The molecule has 0 saturated carbocycles. The van der Waals surface area contributed by atoms with Crippen LogP contribution in [0.1, 0.15) is 22.8 Å². The number of rotatable bonds is 6. The predicted octanol–water partition coefficient (Wildman–Crippen LogP) is 4.01. The Bertz CT molecular complexity index is 782. The SMILES string of the molecule is CCc1ccc(-c2nc(SCC(=O)c3ccccc3)n[nH]2)cc1. The largest absolute Gasteiger partial charge is 0.293 e. The second kappa shape index (κ2) is 7.24. The lowest BCUT2D eigenvalue weighted by atomic mass is 10.1. The smallest absolute Gasteiger partial charge is 0.209 e. The van der Waals surface area contributed by atoms with E-state index < -0.39 is 0 Å². The van der Waals surface area contributed by atoms with Crippen LogP contribution in [0.25, 0.3) is 11.4 Å². The molecule has 0 aliphatic carbocycles. The molecule has 0 amide bonds. The molecule has 4 nitrogen and oxygen atoms in total. The summed E-state index contributed by atoms with van der Waals surface area (Å²) in [5.41, 5.74) is 3.00. The molecule has 0 spiro atoms. The highest BCUT2D eigenvalue weighted by molar-refractivity contribution is 7.99. The number of nitrogens with zero attached hydrogens (tertiary/aromatic N) is 2. The lowest BCUT2D eigenvalue weighted by Gasteiger charge is -1.99. The van der Waals surface area contributed by atoms with Gasteiger partial charge in [0.05, 0.1) is 5.75 Å². The van der Waals surface area contributed by atoms with Crippen molar-refractivity contribution in [3.05, 3.63) is 65.7 Å². The quantitative estimate of drug-likeness (QED) is 0.550. The summed E-state index contributed by atoms with van der Waals surface area (Å²) in [6.45, 7) is 2.13. The van der Waals surface area contributed by atoms with Gasteiger partial charge in [0.2, 0.25) is 5.16 Å². The third kappa shape index (κ3) is 3.87. The van der Waals surface area contributed by atoms with E-state index in [0.29, 0.717) is 16.5 Å². The van der Waals surface area contributed by atoms with Crippen LogP contribution in [0.3, 0.4) is 0 Å². The van der Waals surface area contributed by atoms with Crippen LogP contribution in [-0.2, 0) is 6.42 Å². The molecular weight excluding hydrogens is 306 g/mol. The number of benzene rings is 2. The van der Waals surface area contributed by atoms with Crippen molar-refractivity contribution < 1.29 is 4.79 Å². The summed E-state index contributed by atoms with van der Waals surface area (Å²) >= 11 is 1.34. The van der Waals surface area contributed by atoms with Gasteiger partial charge in [-0.05, 0) is 12.0 Å². The highest BCUT2D eigenvalue weighted by Crippen LogP contribution is 2.20. The van der Waals surface area contributed by atoms with Crippen LogP contribution in [-0.4, -0.2) is 26.7 Å². The fourth-order valence-corrected chi connectivity index (χ4v) is 2.87. The van der Waals surface area contributed by atoms with E-state index in [2.05, 4.69) is 34.2 Å². The van der Waals surface area contributed by atoms with Gasteiger partial charge in [0.1, 0.15) is 0 Å². The number of Topliss-reactive ketones (excluding diaryl/α,β-unsaturated/α-hetero) is 1. The van der Waals surface area contributed by atoms with Crippen molar-refractivity contribution in [2.24, 2.45) is 0 Å². The molecule has 0 bridgehead atoms. The Morgan fingerprint density at radius 1 is 1.09 bits per heavy atom. The van der Waals surface area contributed by atoms with Crippen molar-refractivity contribution in [2.75, 3.05) is 5.75 Å². The number of hydrogen-bond acceptors (Lipinski definition) is 4. The number of thioether (sulfide) groups is 1. The van der Waals surface area contributed by atoms with E-state index in [1.165, 1.54) is 17.3 Å². The van der Waals surface area contributed by atoms with Crippen LogP contribution >= 0.6 is 11.8 Å². The molecule has 0 radical (unpaired) electrons. The number of aromatic nitrogens is 3. The minimum Gasteiger partial charge on any atom is -0.293 e. The molecule has 3 aromatic rings. The number of nitrogens with one attached hydrogen (secondary N) is 1. The van der Waals surface area contributed by atoms with Gasteiger partial charge in [0.15, 0.2) is 11.6 Å². The Labute approximate surface area is 139 Å². The molecule has 23 heavy (non-hydrogen) atoms. The van der Waals surface area contributed by atoms with E-state index in [1.54, 1.807) is 0 Å². The normalized spacial score (nSPS) is 10.7. The summed E-state index contributed by atoms with van der Waals surface area (Å²) in [5.74, 6) is 1.13. The van der Waals surface area contributed by atoms with Crippen molar-refractivity contribution in [1.82, 2.24) is 15.2 Å². The highest BCUT2D eigenvalue weighted by Gasteiger charge is 2.10. The first-order valence-electron chi connectivity index (χ1n) is 7.49. The van der Waals surface area contributed by atoms with Gasteiger partial charge >= 0.3 is 0 Å². The van der Waals surface area contributed by atoms with Crippen molar-refractivity contribution in [2.45, 2.75) is 18.5 Å². The summed E-state index contributed by atoms with van der Waals surface area (Å²) in [5, 5.41) is 7.69. The van der Waals surface area contributed by atoms with Crippen LogP contribution in [0, 0.1) is 0 Å². The average Bonchev–Trinajstić information content (AvgIpc) is 3.09. The molecule has 0 atom stereocenters. The van der Waals surface area contributed by atoms with Crippen LogP contribution in [0.2, 0.25) is 0 Å². The third-order valence-electron chi connectivity index (χ3n) is 3.53. The first-order chi connectivity index (χ1) is 11.3. The zero-order valence-corrected chi connectivity index (χ0v) is 13.6. The van der Waals surface area contributed by atoms with Gasteiger partial charge in [-0.1, -0.05) is 73.3 Å². The Hall–Kier alpha value is -2.40. The first kappa shape index (κ1) is 15.5. The van der Waals surface area contributed by atoms with Crippen LogP contribution in [0.15, 0.2) is 59.8 Å². The van der Waals surface area contributed by atoms with Crippen molar-refractivity contribution in [3.8, 4) is 11.4 Å². The Morgan fingerprint density at radius 3 is 2.52 bits per heavy atom. The fraction of sp³-hybridized carbons (Fsp3) is 0.167. The van der Waals surface area contributed by atoms with Gasteiger partial charge in [-0.2, -0.15) is 0 Å². The summed E-state index contributed by atoms with van der Waals surface area (Å²) in [6, 6.07) is 17.5. The van der Waals surface area contributed by atoms with E-state index >= 15 is 0 Å². The number of H-pyrrole nitrogens is 1. The zero-order chi connectivity index (χ0) is 16.1. The molecule has 0 unspecified atom stereocenters. The molecular formula is C18H17N3OS. The molecule has 0 aliphatic rings. The van der Waals surface area contributed by atoms with Gasteiger partial charge in [-0.3, -0.25) is 9.89 Å². The number of ketones is 1. The van der Waals surface area contributed by atoms with Crippen molar-refractivity contribution >= 4 is 17.5 Å². The molecule has 1 aromatic heterocycles. The first-order valence-corrected chi connectivity index (χ1v) is 8.47. The molecule has 0 aliphatic heterocycles. The molecule has 1 N–H and O–H groups in total. The number of aryl methyl sites for hydroxylation is 1. The lowest BCUT2D eigenvalue weighted by molar-refractivity contribution is 0.102. The Kier molecular flexibility index (Phi) is 4.88. The van der Waals surface area contributed by atoms with Crippen LogP contribution < -0.4 is 0 Å². The molecule has 0 fully saturated rings. The number of carbonyl (C=O) groups is 1. The van der Waals surface area contributed by atoms with Crippen LogP contribution in [0.4, 0.5) is 0 Å². The fourth-order valence-electron chi connectivity index (χ4n) is 2.18. The molecule has 2 aromatic carbocycles. The van der Waals surface area contributed by atoms with Gasteiger partial charge in [0.25, 0.3) is 0 Å². The maximum atomic E-state index is 12.1. The van der Waals surface area contributed by atoms with Gasteiger partial charge in [-0.15, -0.1) is 5.10 Å². The highest BCUT2D eigenvalue weighted by atomic mass is 32.2. The third-order valence-corrected chi connectivity index (χ3v) is 4.38. The summed E-state index contributed by atoms with van der Waals surface area (Å²) in [6.07, 6.45) is 1.01. The van der Waals surface area contributed by atoms with Crippen molar-refractivity contribution in [1.29, 1.82) is 0 Å². The van der Waals surface area contributed by atoms with E-state index in [1.807, 2.05) is 42.5 Å². The second-order valence-electron chi connectivity index (χ2n) is 5.09. The van der Waals surface area contributed by atoms with E-state index in [-0.39, 0.29) is 5.78 Å². The molecule has 116 valence electrons. The molecule has 1 heterocycles. The number of hydrogen-bond donors (Lipinski definition) is 1. The minimum absolute atomic E-state index is 0.0780. The number of carbonyl (C=O) groups excluding carboxylic acids is 1. The van der Waals surface area contributed by atoms with E-state index in [9.17, 15) is 4.79 Å². The standard InChI is InChI=1S/C18H17N3OS/c1-2-13-8-10-15(11-9-13)17-19-18(21-20-17)23-12-16(22)14-6-4-3-5-7-14/h3-11H,2,12H2,1H3,(H,19,20,21). The predicted molar refractivity (Wildman–Crippen MR) is 92.7 cm³/mol. The summed E-state index contributed by atoms with van der Waals surface area (Å²) < 4.78 is 0. The van der Waals surface area contributed by atoms with Crippen molar-refractivity contribution in [3.63, 3.8) is 0 Å². The van der Waals surface area contributed by atoms with E-state index in [0.717, 1.165) is 17.8 Å². The maximum absolute atomic E-state index is 12.1. The maximum Gasteiger partial charge on any atom is 0.209 e. The Balaban J connectivity index is 1.64. The van der Waals surface area contributed by atoms with Gasteiger partial charge in [0, 0.05) is 11.1 Å². The molecule has 3 rings (SSSR count). The summed E-state index contributed by atoms with van der Waals surface area (Å²) in [4.78, 5) is 16.5. The topological polar surface area (TPSA) is 58.6 Å². The molecule has 5 heteroatoms. The number of aromatic amines is 1. The second-order valence-corrected chi connectivity index (χ2v) is 6.04. The zero-order valence-electron chi connectivity index (χ0n) is 12.8. The average molecular weight is 323 g/mol. The van der Waals surface area contributed by atoms with Crippen LogP contribution in [0.5, 0.6) is 0 Å². The monoisotopic (exact) mass is 323 g/mol. The van der Waals surface area contributed by atoms with Gasteiger partial charge in [-0.25, -0.2) is 4.98 Å². The lowest BCUT2D eigenvalue weighted by Crippen LogP contribution is -2.01. The molecule has 0 saturated heterocycles. The van der Waals surface area contributed by atoms with Gasteiger partial charge < -0.3 is 0 Å². The summed E-state index contributed by atoms with van der Waals surface area (Å²) in [7, 11) is 0. The minimum atomic E-state index is 0.0780.